The zero-order valence-corrected chi connectivity index (χ0v) is 11.2. The van der Waals surface area contributed by atoms with Gasteiger partial charge < -0.3 is 14.3 Å². The number of rotatable bonds is 4. The maximum atomic E-state index is 8.93. The summed E-state index contributed by atoms with van der Waals surface area (Å²) in [6.07, 6.45) is 3.03. The Balaban J connectivity index is 2.03. The van der Waals surface area contributed by atoms with Crippen LogP contribution in [0.1, 0.15) is 11.6 Å². The normalized spacial score (nSPS) is 11.2. The van der Waals surface area contributed by atoms with Gasteiger partial charge in [0, 0.05) is 0 Å². The zero-order valence-electron chi connectivity index (χ0n) is 10.4. The highest BCUT2D eigenvalue weighted by Gasteiger charge is 2.14. The summed E-state index contributed by atoms with van der Waals surface area (Å²) >= 11 is 5.80. The van der Waals surface area contributed by atoms with E-state index in [9.17, 15) is 0 Å². The maximum Gasteiger partial charge on any atom is 0.244 e. The lowest BCUT2D eigenvalue weighted by Gasteiger charge is -2.04. The minimum atomic E-state index is -0.248. The summed E-state index contributed by atoms with van der Waals surface area (Å²) in [7, 11) is 1.50. The van der Waals surface area contributed by atoms with E-state index in [4.69, 9.17) is 25.9 Å². The molecule has 3 heterocycles. The highest BCUT2D eigenvalue weighted by molar-refractivity contribution is 6.28. The van der Waals surface area contributed by atoms with Crippen LogP contribution in [-0.2, 0) is 13.2 Å². The van der Waals surface area contributed by atoms with Gasteiger partial charge in [-0.1, -0.05) is 0 Å². The van der Waals surface area contributed by atoms with E-state index >= 15 is 0 Å². The van der Waals surface area contributed by atoms with E-state index in [0.717, 1.165) is 0 Å². The Morgan fingerprint density at radius 3 is 2.95 bits per heavy atom. The Labute approximate surface area is 118 Å². The minimum Gasteiger partial charge on any atom is -0.479 e. The molecule has 0 aliphatic rings. The molecule has 104 valence electrons. The van der Waals surface area contributed by atoms with Crippen LogP contribution in [0.15, 0.2) is 16.9 Å². The molecule has 0 bridgehead atoms. The van der Waals surface area contributed by atoms with Crippen molar-refractivity contribution in [2.75, 3.05) is 7.11 Å². The fourth-order valence-electron chi connectivity index (χ4n) is 1.85. The number of hydrogen-bond acceptors (Lipinski definition) is 7. The molecule has 0 amide bonds. The Bertz CT molecular complexity index is 754. The third-order valence-electron chi connectivity index (χ3n) is 2.67. The summed E-state index contributed by atoms with van der Waals surface area (Å²) in [5.41, 5.74) is 1.81. The van der Waals surface area contributed by atoms with Crippen molar-refractivity contribution >= 4 is 22.6 Å². The predicted octanol–water partition coefficient (Wildman–Crippen LogP) is 1.02. The molecular formula is C11H10ClN5O3. The summed E-state index contributed by atoms with van der Waals surface area (Å²) in [5.74, 6) is 0.589. The summed E-state index contributed by atoms with van der Waals surface area (Å²) in [5, 5.41) is 13.2. The molecule has 0 atom stereocenters. The molecule has 3 aromatic heterocycles. The van der Waals surface area contributed by atoms with Crippen LogP contribution in [0.3, 0.4) is 0 Å². The van der Waals surface area contributed by atoms with Crippen molar-refractivity contribution in [3.63, 3.8) is 0 Å². The molecule has 3 aromatic rings. The quantitative estimate of drug-likeness (QED) is 0.717. The lowest BCUT2D eigenvalue weighted by atomic mass is 10.4. The van der Waals surface area contributed by atoms with E-state index in [1.807, 2.05) is 0 Å². The van der Waals surface area contributed by atoms with E-state index < -0.39 is 0 Å². The number of hydrogen-bond donors (Lipinski definition) is 1. The van der Waals surface area contributed by atoms with Gasteiger partial charge in [-0.3, -0.25) is 4.68 Å². The minimum absolute atomic E-state index is 0.0953. The van der Waals surface area contributed by atoms with E-state index in [0.29, 0.717) is 29.2 Å². The molecule has 0 aliphatic carbocycles. The van der Waals surface area contributed by atoms with Gasteiger partial charge in [0.25, 0.3) is 0 Å². The monoisotopic (exact) mass is 295 g/mol. The average molecular weight is 296 g/mol. The molecule has 0 radical (unpaired) electrons. The summed E-state index contributed by atoms with van der Waals surface area (Å²) < 4.78 is 11.9. The first-order chi connectivity index (χ1) is 9.71. The van der Waals surface area contributed by atoms with Crippen molar-refractivity contribution in [2.45, 2.75) is 13.2 Å². The Morgan fingerprint density at radius 2 is 2.25 bits per heavy atom. The van der Waals surface area contributed by atoms with Gasteiger partial charge in [0.05, 0.1) is 19.9 Å². The molecule has 0 unspecified atom stereocenters. The summed E-state index contributed by atoms with van der Waals surface area (Å²) in [4.78, 5) is 12.2. The number of aromatic nitrogens is 5. The lowest BCUT2D eigenvalue weighted by molar-refractivity contribution is 0.240. The van der Waals surface area contributed by atoms with Crippen molar-refractivity contribution < 1.29 is 14.3 Å². The second kappa shape index (κ2) is 5.06. The first-order valence-corrected chi connectivity index (χ1v) is 6.06. The van der Waals surface area contributed by atoms with Gasteiger partial charge in [-0.05, 0) is 11.6 Å². The van der Waals surface area contributed by atoms with Crippen LogP contribution in [0, 0.1) is 0 Å². The maximum absolute atomic E-state index is 8.93. The van der Waals surface area contributed by atoms with Gasteiger partial charge in [-0.2, -0.15) is 10.1 Å². The SMILES string of the molecule is COc1nc(Cl)nc2cnn(Cc3coc(CO)n3)c12. The topological polar surface area (TPSA) is 99.1 Å². The number of halogens is 1. The van der Waals surface area contributed by atoms with Crippen molar-refractivity contribution in [1.29, 1.82) is 0 Å². The number of aliphatic hydroxyl groups excluding tert-OH is 1. The largest absolute Gasteiger partial charge is 0.479 e. The van der Waals surface area contributed by atoms with Crippen LogP contribution in [0.4, 0.5) is 0 Å². The molecule has 0 saturated carbocycles. The summed E-state index contributed by atoms with van der Waals surface area (Å²) in [6, 6.07) is 0. The third kappa shape index (κ3) is 2.19. The fraction of sp³-hybridized carbons (Fsp3) is 0.273. The number of nitrogens with zero attached hydrogens (tertiary/aromatic N) is 5. The molecule has 0 aliphatic heterocycles. The molecule has 8 nitrogen and oxygen atoms in total. The van der Waals surface area contributed by atoms with Gasteiger partial charge >= 0.3 is 0 Å². The van der Waals surface area contributed by atoms with Crippen molar-refractivity contribution in [3.8, 4) is 5.88 Å². The van der Waals surface area contributed by atoms with Gasteiger partial charge in [0.2, 0.25) is 17.1 Å². The van der Waals surface area contributed by atoms with Crippen LogP contribution in [0.5, 0.6) is 5.88 Å². The first-order valence-electron chi connectivity index (χ1n) is 5.68. The second-order valence-corrected chi connectivity index (χ2v) is 4.27. The van der Waals surface area contributed by atoms with E-state index in [1.54, 1.807) is 10.9 Å². The van der Waals surface area contributed by atoms with Gasteiger partial charge in [-0.25, -0.2) is 9.97 Å². The smallest absolute Gasteiger partial charge is 0.244 e. The molecule has 0 spiro atoms. The van der Waals surface area contributed by atoms with Gasteiger partial charge in [0.1, 0.15) is 29.6 Å². The third-order valence-corrected chi connectivity index (χ3v) is 2.84. The second-order valence-electron chi connectivity index (χ2n) is 3.93. The molecule has 0 fully saturated rings. The number of methoxy groups -OCH3 is 1. The average Bonchev–Trinajstić information content (AvgIpc) is 3.05. The molecule has 9 heteroatoms. The Hall–Kier alpha value is -2.19. The van der Waals surface area contributed by atoms with Crippen molar-refractivity contribution in [3.05, 3.63) is 29.3 Å². The van der Waals surface area contributed by atoms with E-state index in [-0.39, 0.29) is 17.8 Å². The number of oxazole rings is 1. The lowest BCUT2D eigenvalue weighted by Crippen LogP contribution is -2.04. The highest BCUT2D eigenvalue weighted by atomic mass is 35.5. The molecular weight excluding hydrogens is 286 g/mol. The Kier molecular flexibility index (Phi) is 3.25. The van der Waals surface area contributed by atoms with Crippen molar-refractivity contribution in [2.24, 2.45) is 0 Å². The van der Waals surface area contributed by atoms with E-state index in [2.05, 4.69) is 20.1 Å². The van der Waals surface area contributed by atoms with Crippen molar-refractivity contribution in [1.82, 2.24) is 24.7 Å². The van der Waals surface area contributed by atoms with Gasteiger partial charge in [0.15, 0.2) is 0 Å². The fourth-order valence-corrected chi connectivity index (χ4v) is 2.02. The molecule has 0 aromatic carbocycles. The summed E-state index contributed by atoms with van der Waals surface area (Å²) in [6.45, 7) is 0.0935. The number of ether oxygens (including phenoxy) is 1. The molecule has 3 rings (SSSR count). The highest BCUT2D eigenvalue weighted by Crippen LogP contribution is 2.24. The molecule has 20 heavy (non-hydrogen) atoms. The molecule has 0 saturated heterocycles. The molecule has 1 N–H and O–H groups in total. The van der Waals surface area contributed by atoms with Crippen LogP contribution in [-0.4, -0.2) is 36.9 Å². The first kappa shape index (κ1) is 12.8. The van der Waals surface area contributed by atoms with E-state index in [1.165, 1.54) is 13.4 Å². The van der Waals surface area contributed by atoms with Crippen LogP contribution in [0.2, 0.25) is 5.28 Å². The number of aliphatic hydroxyl groups is 1. The Morgan fingerprint density at radius 1 is 1.40 bits per heavy atom. The zero-order chi connectivity index (χ0) is 14.1. The van der Waals surface area contributed by atoms with Crippen LogP contribution >= 0.6 is 11.6 Å². The standard InChI is InChI=1S/C11H10ClN5O3/c1-19-10-9-7(15-11(12)16-10)2-13-17(9)3-6-5-20-8(4-18)14-6/h2,5,18H,3-4H2,1H3. The predicted molar refractivity (Wildman–Crippen MR) is 68.4 cm³/mol. The number of fused-ring (bicyclic) bond motifs is 1. The van der Waals surface area contributed by atoms with Gasteiger partial charge in [-0.15, -0.1) is 0 Å². The van der Waals surface area contributed by atoms with Crippen LogP contribution in [0.25, 0.3) is 11.0 Å². The van der Waals surface area contributed by atoms with Crippen LogP contribution < -0.4 is 4.74 Å².